The number of carbonyl (C=O) groups excluding carboxylic acids is 1. The second kappa shape index (κ2) is 9.30. The number of rotatable bonds is 6. The summed E-state index contributed by atoms with van der Waals surface area (Å²) in [6, 6.07) is 9.73. The van der Waals surface area contributed by atoms with Gasteiger partial charge in [0.15, 0.2) is 0 Å². The minimum atomic E-state index is -3.75. The number of primary sulfonamides is 1. The van der Waals surface area contributed by atoms with Gasteiger partial charge in [-0.05, 0) is 62.4 Å². The number of hydrogen-bond acceptors (Lipinski definition) is 5. The van der Waals surface area contributed by atoms with E-state index >= 15 is 0 Å². The third kappa shape index (κ3) is 5.37. The molecule has 1 heterocycles. The molecule has 32 heavy (non-hydrogen) atoms. The number of nitrogens with one attached hydrogen (secondary N) is 1. The van der Waals surface area contributed by atoms with Crippen molar-refractivity contribution in [3.63, 3.8) is 0 Å². The van der Waals surface area contributed by atoms with E-state index in [2.05, 4.69) is 5.32 Å². The molecule has 0 atom stereocenters. The van der Waals surface area contributed by atoms with Gasteiger partial charge in [0.1, 0.15) is 0 Å². The highest BCUT2D eigenvalue weighted by Gasteiger charge is 2.33. The minimum absolute atomic E-state index is 0.0141. The molecule has 0 spiro atoms. The lowest BCUT2D eigenvalue weighted by atomic mass is 9.97. The van der Waals surface area contributed by atoms with Crippen molar-refractivity contribution >= 4 is 26.0 Å². The SMILES string of the molecule is Cc1cc(C)c(S(=O)(=O)N2CCC(C(=O)NCc3ccc(S(N)(=O)=O)cc3)CC2)c(C)c1. The Kier molecular flexibility index (Phi) is 7.09. The van der Waals surface area contributed by atoms with Crippen LogP contribution in [0.2, 0.25) is 0 Å². The van der Waals surface area contributed by atoms with Crippen molar-refractivity contribution in [3.8, 4) is 0 Å². The zero-order chi connectivity index (χ0) is 23.7. The first kappa shape index (κ1) is 24.4. The van der Waals surface area contributed by atoms with Gasteiger partial charge in [0.25, 0.3) is 0 Å². The van der Waals surface area contributed by atoms with Crippen LogP contribution in [0.4, 0.5) is 0 Å². The number of benzene rings is 2. The second-order valence-corrected chi connectivity index (χ2v) is 11.7. The highest BCUT2D eigenvalue weighted by molar-refractivity contribution is 7.89. The maximum atomic E-state index is 13.2. The summed E-state index contributed by atoms with van der Waals surface area (Å²) in [5.74, 6) is -0.411. The predicted octanol–water partition coefficient (Wildman–Crippen LogP) is 1.98. The molecule has 0 saturated carbocycles. The van der Waals surface area contributed by atoms with E-state index in [0.29, 0.717) is 17.7 Å². The predicted molar refractivity (Wildman–Crippen MR) is 122 cm³/mol. The van der Waals surface area contributed by atoms with Crippen LogP contribution < -0.4 is 10.5 Å². The Morgan fingerprint density at radius 1 is 1.00 bits per heavy atom. The summed E-state index contributed by atoms with van der Waals surface area (Å²) in [6.07, 6.45) is 0.888. The number of aryl methyl sites for hydroxylation is 3. The summed E-state index contributed by atoms with van der Waals surface area (Å²) in [7, 11) is -7.37. The quantitative estimate of drug-likeness (QED) is 0.655. The highest BCUT2D eigenvalue weighted by atomic mass is 32.2. The summed E-state index contributed by atoms with van der Waals surface area (Å²) in [5, 5.41) is 7.93. The Morgan fingerprint density at radius 3 is 2.03 bits per heavy atom. The normalized spacial score (nSPS) is 16.1. The highest BCUT2D eigenvalue weighted by Crippen LogP contribution is 2.29. The molecular formula is C22H29N3O5S2. The van der Waals surface area contributed by atoms with Crippen molar-refractivity contribution in [2.75, 3.05) is 13.1 Å². The summed E-state index contributed by atoms with van der Waals surface area (Å²) >= 11 is 0. The number of piperidine rings is 1. The first-order valence-corrected chi connectivity index (χ1v) is 13.4. The third-order valence-electron chi connectivity index (χ3n) is 5.75. The Labute approximate surface area is 189 Å². The molecule has 0 unspecified atom stereocenters. The molecule has 0 aliphatic carbocycles. The van der Waals surface area contributed by atoms with E-state index in [9.17, 15) is 21.6 Å². The van der Waals surface area contributed by atoms with Crippen LogP contribution in [0.1, 0.15) is 35.1 Å². The molecule has 174 valence electrons. The van der Waals surface area contributed by atoms with E-state index in [-0.39, 0.29) is 36.4 Å². The van der Waals surface area contributed by atoms with E-state index in [0.717, 1.165) is 22.3 Å². The van der Waals surface area contributed by atoms with Crippen LogP contribution in [-0.4, -0.2) is 40.1 Å². The van der Waals surface area contributed by atoms with Crippen LogP contribution in [-0.2, 0) is 31.4 Å². The van der Waals surface area contributed by atoms with Crippen molar-refractivity contribution in [3.05, 3.63) is 58.7 Å². The van der Waals surface area contributed by atoms with Gasteiger partial charge in [-0.25, -0.2) is 22.0 Å². The molecule has 10 heteroatoms. The summed E-state index contributed by atoms with van der Waals surface area (Å²) in [5.41, 5.74) is 3.23. The lowest BCUT2D eigenvalue weighted by Crippen LogP contribution is -2.43. The Morgan fingerprint density at radius 2 is 1.53 bits per heavy atom. The van der Waals surface area contributed by atoms with E-state index in [1.165, 1.54) is 16.4 Å². The molecule has 3 rings (SSSR count). The molecule has 0 aromatic heterocycles. The second-order valence-electron chi connectivity index (χ2n) is 8.31. The monoisotopic (exact) mass is 479 g/mol. The van der Waals surface area contributed by atoms with Gasteiger partial charge >= 0.3 is 0 Å². The van der Waals surface area contributed by atoms with Crippen molar-refractivity contribution in [1.29, 1.82) is 0 Å². The van der Waals surface area contributed by atoms with E-state index < -0.39 is 20.0 Å². The third-order valence-corrected chi connectivity index (χ3v) is 8.88. The molecule has 1 aliphatic heterocycles. The van der Waals surface area contributed by atoms with Crippen molar-refractivity contribution in [2.24, 2.45) is 11.1 Å². The fraction of sp³-hybridized carbons (Fsp3) is 0.409. The molecule has 0 radical (unpaired) electrons. The standard InChI is InChI=1S/C22H29N3O5S2/c1-15-12-16(2)21(17(3)13-15)32(29,30)25-10-8-19(9-11-25)22(26)24-14-18-4-6-20(7-5-18)31(23,27)28/h4-7,12-13,19H,8-11,14H2,1-3H3,(H,24,26)(H2,23,27,28). The van der Waals surface area contributed by atoms with Crippen LogP contribution >= 0.6 is 0 Å². The van der Waals surface area contributed by atoms with Crippen molar-refractivity contribution < 1.29 is 21.6 Å². The van der Waals surface area contributed by atoms with Gasteiger partial charge in [-0.1, -0.05) is 29.8 Å². The number of sulfonamides is 2. The van der Waals surface area contributed by atoms with E-state index in [1.807, 2.05) is 32.9 Å². The van der Waals surface area contributed by atoms with Crippen LogP contribution in [0.15, 0.2) is 46.2 Å². The van der Waals surface area contributed by atoms with Crippen molar-refractivity contribution in [2.45, 2.75) is 49.9 Å². The molecule has 3 N–H and O–H groups in total. The fourth-order valence-electron chi connectivity index (χ4n) is 4.19. The summed E-state index contributed by atoms with van der Waals surface area (Å²) < 4.78 is 50.5. The van der Waals surface area contributed by atoms with Gasteiger partial charge in [0.2, 0.25) is 26.0 Å². The van der Waals surface area contributed by atoms with E-state index in [1.54, 1.807) is 12.1 Å². The zero-order valence-corrected chi connectivity index (χ0v) is 20.1. The van der Waals surface area contributed by atoms with Crippen LogP contribution in [0.5, 0.6) is 0 Å². The van der Waals surface area contributed by atoms with Gasteiger partial charge in [0, 0.05) is 25.6 Å². The molecule has 8 nitrogen and oxygen atoms in total. The first-order valence-electron chi connectivity index (χ1n) is 10.4. The number of hydrogen-bond donors (Lipinski definition) is 2. The van der Waals surface area contributed by atoms with Gasteiger partial charge < -0.3 is 5.32 Å². The average Bonchev–Trinajstić information content (AvgIpc) is 2.70. The molecule has 1 saturated heterocycles. The first-order chi connectivity index (χ1) is 14.9. The van der Waals surface area contributed by atoms with E-state index in [4.69, 9.17) is 5.14 Å². The molecule has 2 aromatic rings. The molecule has 1 amide bonds. The summed E-state index contributed by atoms with van der Waals surface area (Å²) in [4.78, 5) is 12.9. The average molecular weight is 480 g/mol. The molecule has 0 bridgehead atoms. The number of nitrogens with two attached hydrogens (primary N) is 1. The van der Waals surface area contributed by atoms with Gasteiger partial charge in [-0.2, -0.15) is 4.31 Å². The fourth-order valence-corrected chi connectivity index (χ4v) is 6.59. The lowest BCUT2D eigenvalue weighted by molar-refractivity contribution is -0.126. The largest absolute Gasteiger partial charge is 0.352 e. The van der Waals surface area contributed by atoms with Gasteiger partial charge in [-0.3, -0.25) is 4.79 Å². The van der Waals surface area contributed by atoms with Crippen LogP contribution in [0.25, 0.3) is 0 Å². The van der Waals surface area contributed by atoms with Crippen LogP contribution in [0, 0.1) is 26.7 Å². The van der Waals surface area contributed by atoms with Crippen LogP contribution in [0.3, 0.4) is 0 Å². The molecule has 1 aliphatic rings. The smallest absolute Gasteiger partial charge is 0.243 e. The van der Waals surface area contributed by atoms with Crippen molar-refractivity contribution in [1.82, 2.24) is 9.62 Å². The number of nitrogens with zero attached hydrogens (tertiary/aromatic N) is 1. The Balaban J connectivity index is 1.59. The molecular weight excluding hydrogens is 450 g/mol. The molecule has 2 aromatic carbocycles. The zero-order valence-electron chi connectivity index (χ0n) is 18.5. The lowest BCUT2D eigenvalue weighted by Gasteiger charge is -2.31. The Bertz CT molecular complexity index is 1190. The van der Waals surface area contributed by atoms with Gasteiger partial charge in [0.05, 0.1) is 9.79 Å². The topological polar surface area (TPSA) is 127 Å². The minimum Gasteiger partial charge on any atom is -0.352 e. The van der Waals surface area contributed by atoms with Gasteiger partial charge in [-0.15, -0.1) is 0 Å². The maximum absolute atomic E-state index is 13.2. The number of carbonyl (C=O) groups is 1. The maximum Gasteiger partial charge on any atom is 0.243 e. The number of amides is 1. The Hall–Kier alpha value is -2.27. The summed E-state index contributed by atoms with van der Waals surface area (Å²) in [6.45, 7) is 6.39. The molecule has 1 fully saturated rings.